The van der Waals surface area contributed by atoms with Crippen molar-refractivity contribution in [3.05, 3.63) is 50.1 Å². The molecule has 3 rings (SSSR count). The molecule has 1 aromatic carbocycles. The Bertz CT molecular complexity index is 885. The minimum absolute atomic E-state index is 0.0274. The fourth-order valence-corrected chi connectivity index (χ4v) is 3.32. The van der Waals surface area contributed by atoms with Gasteiger partial charge in [0.15, 0.2) is 0 Å². The molecule has 1 unspecified atom stereocenters. The summed E-state index contributed by atoms with van der Waals surface area (Å²) in [6.45, 7) is 5.50. The smallest absolute Gasteiger partial charge is 0.339 e. The van der Waals surface area contributed by atoms with E-state index >= 15 is 0 Å². The number of aromatic nitrogens is 2. The first-order valence-corrected chi connectivity index (χ1v) is 8.69. The Morgan fingerprint density at radius 2 is 2.16 bits per heavy atom. The van der Waals surface area contributed by atoms with Crippen LogP contribution in [-0.2, 0) is 17.6 Å². The third kappa shape index (κ3) is 3.35. The molecule has 1 atom stereocenters. The number of halogens is 2. The highest BCUT2D eigenvalue weighted by Crippen LogP contribution is 2.26. The normalized spacial score (nSPS) is 16.8. The molecule has 0 aliphatic heterocycles. The molecule has 5 nitrogen and oxygen atoms in total. The third-order valence-electron chi connectivity index (χ3n) is 4.35. The number of hydrogen-bond donors (Lipinski definition) is 1. The Balaban J connectivity index is 2.09. The Hall–Kier alpha value is -2.08. The van der Waals surface area contributed by atoms with Crippen LogP contribution in [0, 0.1) is 11.7 Å². The van der Waals surface area contributed by atoms with Crippen LogP contribution in [0.1, 0.15) is 48.8 Å². The first-order chi connectivity index (χ1) is 11.8. The summed E-state index contributed by atoms with van der Waals surface area (Å²) in [5, 5.41) is 2.92. The molecule has 0 saturated carbocycles. The van der Waals surface area contributed by atoms with Crippen LogP contribution < -0.4 is 5.56 Å². The van der Waals surface area contributed by atoms with Gasteiger partial charge in [-0.25, -0.2) is 13.9 Å². The van der Waals surface area contributed by atoms with Crippen LogP contribution in [0.15, 0.2) is 16.9 Å². The molecule has 1 N–H and O–H groups in total. The van der Waals surface area contributed by atoms with Crippen molar-refractivity contribution < 1.29 is 13.9 Å². The van der Waals surface area contributed by atoms with Gasteiger partial charge in [-0.2, -0.15) is 0 Å². The monoisotopic (exact) mass is 366 g/mol. The fraction of sp³-hybridized carbons (Fsp3) is 0.444. The van der Waals surface area contributed by atoms with E-state index in [9.17, 15) is 14.0 Å². The van der Waals surface area contributed by atoms with E-state index in [0.29, 0.717) is 17.9 Å². The van der Waals surface area contributed by atoms with Crippen molar-refractivity contribution in [3.63, 3.8) is 0 Å². The number of benzene rings is 1. The number of rotatable bonds is 3. The number of ether oxygens (including phenoxy) is 1. The summed E-state index contributed by atoms with van der Waals surface area (Å²) in [6, 6.07) is 2.29. The Morgan fingerprint density at radius 1 is 1.44 bits per heavy atom. The highest BCUT2D eigenvalue weighted by molar-refractivity contribution is 6.33. The second-order valence-electron chi connectivity index (χ2n) is 6.79. The Kier molecular flexibility index (Phi) is 4.73. The van der Waals surface area contributed by atoms with Gasteiger partial charge in [-0.1, -0.05) is 18.5 Å². The van der Waals surface area contributed by atoms with Crippen molar-refractivity contribution in [1.82, 2.24) is 9.78 Å². The Morgan fingerprint density at radius 3 is 2.84 bits per heavy atom. The summed E-state index contributed by atoms with van der Waals surface area (Å²) in [5.74, 6) is -0.921. The predicted molar refractivity (Wildman–Crippen MR) is 93.1 cm³/mol. The molecule has 25 heavy (non-hydrogen) atoms. The van der Waals surface area contributed by atoms with Crippen LogP contribution in [-0.4, -0.2) is 21.9 Å². The molecule has 1 heterocycles. The van der Waals surface area contributed by atoms with E-state index in [4.69, 9.17) is 16.3 Å². The molecule has 2 aromatic rings. The molecular formula is C18H20ClFN2O3. The summed E-state index contributed by atoms with van der Waals surface area (Å²) >= 11 is 5.99. The van der Waals surface area contributed by atoms with Gasteiger partial charge in [-0.05, 0) is 51.2 Å². The zero-order chi connectivity index (χ0) is 18.3. The third-order valence-corrected chi connectivity index (χ3v) is 4.66. The minimum Gasteiger partial charge on any atom is -0.459 e. The summed E-state index contributed by atoms with van der Waals surface area (Å²) in [6.07, 6.45) is 2.05. The van der Waals surface area contributed by atoms with E-state index in [2.05, 4.69) is 12.0 Å². The van der Waals surface area contributed by atoms with Gasteiger partial charge in [0.2, 0.25) is 0 Å². The number of aromatic amines is 1. The first kappa shape index (κ1) is 17.7. The maximum Gasteiger partial charge on any atom is 0.339 e. The number of hydrogen-bond acceptors (Lipinski definition) is 3. The molecule has 0 amide bonds. The quantitative estimate of drug-likeness (QED) is 0.843. The number of carbonyl (C=O) groups excluding carboxylic acids is 1. The molecule has 0 saturated heterocycles. The molecule has 7 heteroatoms. The number of fused-ring (bicyclic) bond motifs is 1. The fourth-order valence-electron chi connectivity index (χ4n) is 3.09. The number of carbonyl (C=O) groups is 1. The van der Waals surface area contributed by atoms with Crippen molar-refractivity contribution in [2.75, 3.05) is 0 Å². The van der Waals surface area contributed by atoms with Gasteiger partial charge >= 0.3 is 5.97 Å². The molecule has 0 spiro atoms. The van der Waals surface area contributed by atoms with Crippen LogP contribution in [0.5, 0.6) is 0 Å². The lowest BCUT2D eigenvalue weighted by Gasteiger charge is -2.15. The van der Waals surface area contributed by atoms with E-state index < -0.39 is 11.8 Å². The zero-order valence-electron chi connectivity index (χ0n) is 14.4. The molecule has 134 valence electrons. The number of nitrogens with one attached hydrogen (secondary N) is 1. The lowest BCUT2D eigenvalue weighted by Crippen LogP contribution is -2.21. The number of nitrogens with zero attached hydrogens (tertiary/aromatic N) is 1. The van der Waals surface area contributed by atoms with Gasteiger partial charge < -0.3 is 4.74 Å². The highest BCUT2D eigenvalue weighted by Gasteiger charge is 2.25. The molecule has 1 aromatic heterocycles. The van der Waals surface area contributed by atoms with Crippen LogP contribution >= 0.6 is 11.6 Å². The van der Waals surface area contributed by atoms with Gasteiger partial charge in [0.25, 0.3) is 5.56 Å². The van der Waals surface area contributed by atoms with Gasteiger partial charge in [-0.15, -0.1) is 0 Å². The lowest BCUT2D eigenvalue weighted by molar-refractivity contribution is 0.0378. The average Bonchev–Trinajstić information content (AvgIpc) is 2.83. The molecule has 0 fully saturated rings. The lowest BCUT2D eigenvalue weighted by atomic mass is 9.89. The summed E-state index contributed by atoms with van der Waals surface area (Å²) in [7, 11) is 0. The SMILES string of the molecule is CC1CCc2[nH]n(-c3cc(C(=O)OC(C)C)c(Cl)cc3F)c(=O)c2C1. The van der Waals surface area contributed by atoms with E-state index in [-0.39, 0.29) is 27.9 Å². The van der Waals surface area contributed by atoms with Crippen molar-refractivity contribution >= 4 is 17.6 Å². The van der Waals surface area contributed by atoms with Crippen LogP contribution in [0.2, 0.25) is 5.02 Å². The van der Waals surface area contributed by atoms with Gasteiger partial charge in [0.05, 0.1) is 16.7 Å². The summed E-state index contributed by atoms with van der Waals surface area (Å²) in [5.41, 5.74) is 1.21. The van der Waals surface area contributed by atoms with E-state index in [1.54, 1.807) is 13.8 Å². The molecule has 1 aliphatic rings. The topological polar surface area (TPSA) is 64.1 Å². The maximum atomic E-state index is 14.4. The van der Waals surface area contributed by atoms with E-state index in [1.165, 1.54) is 6.07 Å². The number of H-pyrrole nitrogens is 1. The largest absolute Gasteiger partial charge is 0.459 e. The molecule has 0 bridgehead atoms. The molecule has 1 aliphatic carbocycles. The minimum atomic E-state index is -0.681. The van der Waals surface area contributed by atoms with Crippen LogP contribution in [0.4, 0.5) is 4.39 Å². The summed E-state index contributed by atoms with van der Waals surface area (Å²) in [4.78, 5) is 24.8. The Labute approximate surface area is 149 Å². The van der Waals surface area contributed by atoms with Crippen LogP contribution in [0.25, 0.3) is 5.69 Å². The number of aryl methyl sites for hydroxylation is 1. The van der Waals surface area contributed by atoms with Crippen molar-refractivity contribution in [1.29, 1.82) is 0 Å². The van der Waals surface area contributed by atoms with Crippen molar-refractivity contribution in [2.45, 2.75) is 46.1 Å². The standard InChI is InChI=1S/C18H20ClFN2O3/c1-9(2)25-18(24)11-7-16(14(20)8-13(11)19)22-17(23)12-6-10(3)4-5-15(12)21-22/h7-10,21H,4-6H2,1-3H3. The molecular weight excluding hydrogens is 347 g/mol. The van der Waals surface area contributed by atoms with Gasteiger partial charge in [0.1, 0.15) is 11.5 Å². The zero-order valence-corrected chi connectivity index (χ0v) is 15.1. The van der Waals surface area contributed by atoms with Gasteiger partial charge in [-0.3, -0.25) is 9.89 Å². The van der Waals surface area contributed by atoms with Crippen LogP contribution in [0.3, 0.4) is 0 Å². The summed E-state index contributed by atoms with van der Waals surface area (Å²) < 4.78 is 20.7. The second-order valence-corrected chi connectivity index (χ2v) is 7.20. The first-order valence-electron chi connectivity index (χ1n) is 8.31. The highest BCUT2D eigenvalue weighted by atomic mass is 35.5. The van der Waals surface area contributed by atoms with E-state index in [1.807, 2.05) is 0 Å². The van der Waals surface area contributed by atoms with E-state index in [0.717, 1.165) is 29.3 Å². The van der Waals surface area contributed by atoms with Crippen molar-refractivity contribution in [3.8, 4) is 5.69 Å². The van der Waals surface area contributed by atoms with Crippen molar-refractivity contribution in [2.24, 2.45) is 5.92 Å². The number of esters is 1. The molecule has 0 radical (unpaired) electrons. The second kappa shape index (κ2) is 6.67. The van der Waals surface area contributed by atoms with Gasteiger partial charge in [0, 0.05) is 11.3 Å². The predicted octanol–water partition coefficient (Wildman–Crippen LogP) is 3.65. The maximum absolute atomic E-state index is 14.4. The average molecular weight is 367 g/mol.